The second-order valence-electron chi connectivity index (χ2n) is 3.50. The first-order chi connectivity index (χ1) is 6.76. The van der Waals surface area contributed by atoms with E-state index in [0.29, 0.717) is 17.5 Å². The predicted octanol–water partition coefficient (Wildman–Crippen LogP) is -0.283. The zero-order valence-electron chi connectivity index (χ0n) is 8.02. The maximum Gasteiger partial charge on any atom is 0.105 e. The van der Waals surface area contributed by atoms with Crippen LogP contribution in [0.25, 0.3) is 0 Å². The largest absolute Gasteiger partial charge is 0.394 e. The highest BCUT2D eigenvalue weighted by Crippen LogP contribution is 2.20. The van der Waals surface area contributed by atoms with Gasteiger partial charge in [0.2, 0.25) is 0 Å². The third kappa shape index (κ3) is 4.82. The molecule has 1 aliphatic carbocycles. The molecule has 4 nitrogen and oxygen atoms in total. The number of aliphatic hydroxyl groups is 2. The summed E-state index contributed by atoms with van der Waals surface area (Å²) < 4.78 is 0. The quantitative estimate of drug-likeness (QED) is 0.545. The van der Waals surface area contributed by atoms with E-state index in [1.165, 1.54) is 24.6 Å². The van der Waals surface area contributed by atoms with E-state index in [1.54, 1.807) is 0 Å². The van der Waals surface area contributed by atoms with Crippen LogP contribution >= 0.6 is 11.8 Å². The molecule has 2 unspecified atom stereocenters. The van der Waals surface area contributed by atoms with Crippen LogP contribution in [0.5, 0.6) is 0 Å². The van der Waals surface area contributed by atoms with Crippen LogP contribution in [0.15, 0.2) is 0 Å². The lowest BCUT2D eigenvalue weighted by molar-refractivity contribution is 0.113. The van der Waals surface area contributed by atoms with Crippen LogP contribution in [0.4, 0.5) is 0 Å². The van der Waals surface area contributed by atoms with E-state index in [-0.39, 0.29) is 12.6 Å². The Kier molecular flexibility index (Phi) is 5.26. The molecule has 0 heterocycles. The van der Waals surface area contributed by atoms with Gasteiger partial charge >= 0.3 is 0 Å². The van der Waals surface area contributed by atoms with E-state index < -0.39 is 6.10 Å². The first-order valence-corrected chi connectivity index (χ1v) is 5.94. The van der Waals surface area contributed by atoms with E-state index in [1.807, 2.05) is 0 Å². The van der Waals surface area contributed by atoms with E-state index in [9.17, 15) is 0 Å². The van der Waals surface area contributed by atoms with Crippen molar-refractivity contribution in [3.8, 4) is 6.07 Å². The maximum absolute atomic E-state index is 9.06. The molecule has 2 atom stereocenters. The van der Waals surface area contributed by atoms with Crippen LogP contribution in [0, 0.1) is 11.3 Å². The Hall–Kier alpha value is -0.280. The molecule has 1 saturated carbocycles. The van der Waals surface area contributed by atoms with Crippen molar-refractivity contribution in [1.82, 2.24) is 5.32 Å². The first kappa shape index (κ1) is 11.8. The Balaban J connectivity index is 2.05. The number of rotatable bonds is 7. The zero-order valence-corrected chi connectivity index (χ0v) is 8.83. The van der Waals surface area contributed by atoms with Gasteiger partial charge in [-0.05, 0) is 12.8 Å². The SMILES string of the molecule is N#CC(CSCC(O)CO)NC1CC1. The lowest BCUT2D eigenvalue weighted by Gasteiger charge is -2.11. The molecule has 0 radical (unpaired) electrons. The summed E-state index contributed by atoms with van der Waals surface area (Å²) in [6, 6.07) is 2.59. The van der Waals surface area contributed by atoms with Crippen molar-refractivity contribution in [1.29, 1.82) is 5.26 Å². The number of hydrogen-bond donors (Lipinski definition) is 3. The Morgan fingerprint density at radius 2 is 2.21 bits per heavy atom. The van der Waals surface area contributed by atoms with Crippen LogP contribution in [-0.2, 0) is 0 Å². The highest BCUT2D eigenvalue weighted by Gasteiger charge is 2.24. The van der Waals surface area contributed by atoms with Crippen molar-refractivity contribution in [2.75, 3.05) is 18.1 Å². The van der Waals surface area contributed by atoms with Gasteiger partial charge in [0.1, 0.15) is 6.04 Å². The number of thioether (sulfide) groups is 1. The minimum atomic E-state index is -0.666. The molecule has 0 saturated heterocycles. The van der Waals surface area contributed by atoms with Gasteiger partial charge in [-0.15, -0.1) is 0 Å². The van der Waals surface area contributed by atoms with Crippen molar-refractivity contribution in [2.24, 2.45) is 0 Å². The zero-order chi connectivity index (χ0) is 10.4. The fourth-order valence-corrected chi connectivity index (χ4v) is 1.95. The second-order valence-corrected chi connectivity index (χ2v) is 4.57. The third-order valence-electron chi connectivity index (χ3n) is 1.98. The average molecular weight is 216 g/mol. The van der Waals surface area contributed by atoms with Gasteiger partial charge in [-0.1, -0.05) is 0 Å². The molecule has 0 aromatic heterocycles. The topological polar surface area (TPSA) is 76.3 Å². The molecule has 0 amide bonds. The lowest BCUT2D eigenvalue weighted by Crippen LogP contribution is -2.32. The third-order valence-corrected chi connectivity index (χ3v) is 3.17. The average Bonchev–Trinajstić information content (AvgIpc) is 2.99. The number of hydrogen-bond acceptors (Lipinski definition) is 5. The van der Waals surface area contributed by atoms with Crippen LogP contribution in [-0.4, -0.2) is 46.5 Å². The minimum Gasteiger partial charge on any atom is -0.394 e. The van der Waals surface area contributed by atoms with E-state index in [4.69, 9.17) is 15.5 Å². The Morgan fingerprint density at radius 1 is 1.50 bits per heavy atom. The Morgan fingerprint density at radius 3 is 2.71 bits per heavy atom. The molecule has 1 fully saturated rings. The van der Waals surface area contributed by atoms with Gasteiger partial charge in [0, 0.05) is 17.5 Å². The van der Waals surface area contributed by atoms with Crippen molar-refractivity contribution in [3.63, 3.8) is 0 Å². The fraction of sp³-hybridized carbons (Fsp3) is 0.889. The first-order valence-electron chi connectivity index (χ1n) is 4.78. The Labute approximate surface area is 88.3 Å². The van der Waals surface area contributed by atoms with Gasteiger partial charge in [-0.2, -0.15) is 17.0 Å². The molecule has 1 aliphatic rings. The molecule has 80 valence electrons. The van der Waals surface area contributed by atoms with Crippen molar-refractivity contribution >= 4 is 11.8 Å². The standard InChI is InChI=1S/C9H16N2O2S/c10-3-8(11-7-1-2-7)5-14-6-9(13)4-12/h7-9,11-13H,1-2,4-6H2. The monoisotopic (exact) mass is 216 g/mol. The molecule has 5 heteroatoms. The van der Waals surface area contributed by atoms with Gasteiger partial charge < -0.3 is 10.2 Å². The molecule has 14 heavy (non-hydrogen) atoms. The smallest absolute Gasteiger partial charge is 0.105 e. The fourth-order valence-electron chi connectivity index (χ4n) is 1.03. The highest BCUT2D eigenvalue weighted by atomic mass is 32.2. The summed E-state index contributed by atoms with van der Waals surface area (Å²) in [7, 11) is 0. The lowest BCUT2D eigenvalue weighted by atomic mass is 10.4. The molecular weight excluding hydrogens is 200 g/mol. The van der Waals surface area contributed by atoms with Crippen molar-refractivity contribution in [2.45, 2.75) is 31.0 Å². The van der Waals surface area contributed by atoms with Gasteiger partial charge in [0.05, 0.1) is 18.8 Å². The summed E-state index contributed by atoms with van der Waals surface area (Å²) in [4.78, 5) is 0. The normalized spacial score (nSPS) is 20.1. The van der Waals surface area contributed by atoms with Crippen LogP contribution < -0.4 is 5.32 Å². The maximum atomic E-state index is 9.06. The molecule has 0 bridgehead atoms. The van der Waals surface area contributed by atoms with Gasteiger partial charge in [0.25, 0.3) is 0 Å². The molecule has 0 aromatic rings. The Bertz CT molecular complexity index is 203. The molecule has 0 spiro atoms. The van der Waals surface area contributed by atoms with Crippen LogP contribution in [0.1, 0.15) is 12.8 Å². The van der Waals surface area contributed by atoms with Gasteiger partial charge in [0.15, 0.2) is 0 Å². The number of nitrogens with one attached hydrogen (secondary N) is 1. The van der Waals surface area contributed by atoms with Crippen molar-refractivity contribution < 1.29 is 10.2 Å². The van der Waals surface area contributed by atoms with E-state index in [0.717, 1.165) is 0 Å². The predicted molar refractivity (Wildman–Crippen MR) is 56.0 cm³/mol. The molecule has 0 aliphatic heterocycles. The second kappa shape index (κ2) is 6.25. The summed E-state index contributed by atoms with van der Waals surface area (Å²) in [6.07, 6.45) is 1.67. The number of nitrogens with zero attached hydrogens (tertiary/aromatic N) is 1. The summed E-state index contributed by atoms with van der Waals surface area (Å²) in [5, 5.41) is 29.6. The van der Waals surface area contributed by atoms with E-state index >= 15 is 0 Å². The summed E-state index contributed by atoms with van der Waals surface area (Å²) >= 11 is 1.49. The van der Waals surface area contributed by atoms with E-state index in [2.05, 4.69) is 11.4 Å². The summed E-state index contributed by atoms with van der Waals surface area (Å²) in [5.41, 5.74) is 0. The van der Waals surface area contributed by atoms with Crippen molar-refractivity contribution in [3.05, 3.63) is 0 Å². The summed E-state index contributed by atoms with van der Waals surface area (Å²) in [5.74, 6) is 1.16. The molecule has 0 aromatic carbocycles. The van der Waals surface area contributed by atoms with Gasteiger partial charge in [-0.3, -0.25) is 5.32 Å². The molecular formula is C9H16N2O2S. The highest BCUT2D eigenvalue weighted by molar-refractivity contribution is 7.99. The van der Waals surface area contributed by atoms with Crippen LogP contribution in [0.2, 0.25) is 0 Å². The summed E-state index contributed by atoms with van der Waals surface area (Å²) in [6.45, 7) is -0.208. The number of nitriles is 1. The number of aliphatic hydroxyl groups excluding tert-OH is 2. The molecule has 3 N–H and O–H groups in total. The van der Waals surface area contributed by atoms with Crippen LogP contribution in [0.3, 0.4) is 0 Å². The van der Waals surface area contributed by atoms with Gasteiger partial charge in [-0.25, -0.2) is 0 Å². The molecule has 1 rings (SSSR count). The minimum absolute atomic E-state index is 0.126.